The zero-order valence-corrected chi connectivity index (χ0v) is 22.8. The number of halogens is 4. The van der Waals surface area contributed by atoms with Crippen LogP contribution in [-0.2, 0) is 20.8 Å². The molecule has 8 nitrogen and oxygen atoms in total. The molecular formula is C25H27Cl4N3O5. The van der Waals surface area contributed by atoms with Crippen molar-refractivity contribution < 1.29 is 24.2 Å². The van der Waals surface area contributed by atoms with E-state index in [0.717, 1.165) is 5.56 Å². The van der Waals surface area contributed by atoms with Crippen LogP contribution in [0.15, 0.2) is 36.4 Å². The molecule has 0 unspecified atom stereocenters. The number of anilines is 1. The van der Waals surface area contributed by atoms with Gasteiger partial charge < -0.3 is 30.1 Å². The van der Waals surface area contributed by atoms with E-state index in [4.69, 9.17) is 55.9 Å². The van der Waals surface area contributed by atoms with E-state index in [2.05, 4.69) is 10.6 Å². The summed E-state index contributed by atoms with van der Waals surface area (Å²) in [6, 6.07) is 9.27. The second kappa shape index (κ2) is 12.8. The van der Waals surface area contributed by atoms with E-state index in [1.807, 2.05) is 0 Å². The highest BCUT2D eigenvalue weighted by Gasteiger charge is 2.40. The molecule has 3 amide bonds. The van der Waals surface area contributed by atoms with Crippen LogP contribution in [0.25, 0.3) is 0 Å². The van der Waals surface area contributed by atoms with Gasteiger partial charge in [0.2, 0.25) is 5.91 Å². The Morgan fingerprint density at radius 2 is 1.70 bits per heavy atom. The zero-order valence-electron chi connectivity index (χ0n) is 19.8. The number of hydrogen-bond acceptors (Lipinski definition) is 5. The van der Waals surface area contributed by atoms with E-state index in [1.165, 1.54) is 0 Å². The number of aliphatic hydroxyl groups is 1. The molecule has 0 radical (unpaired) electrons. The van der Waals surface area contributed by atoms with Crippen LogP contribution >= 0.6 is 46.4 Å². The molecule has 2 saturated heterocycles. The lowest BCUT2D eigenvalue weighted by atomic mass is 9.95. The Labute approximate surface area is 235 Å². The SMILES string of the molecule is O=C(C[C@H]1CC[C@H]2[C@@H](COC[C@H](O)CN2C(=O)Nc2ccc(Cl)c(Cl)c2)O1)NCc1ccc(Cl)c(Cl)c1. The summed E-state index contributed by atoms with van der Waals surface area (Å²) in [6.45, 7) is 0.655. The molecule has 2 aromatic rings. The average molecular weight is 591 g/mol. The Balaban J connectivity index is 1.36. The van der Waals surface area contributed by atoms with Crippen LogP contribution in [0.2, 0.25) is 20.1 Å². The quantitative estimate of drug-likeness (QED) is 0.447. The first kappa shape index (κ1) is 28.2. The van der Waals surface area contributed by atoms with Crippen molar-refractivity contribution in [3.05, 3.63) is 62.1 Å². The van der Waals surface area contributed by atoms with Gasteiger partial charge in [0.25, 0.3) is 0 Å². The molecule has 2 aliphatic rings. The first-order valence-electron chi connectivity index (χ1n) is 11.8. The number of aliphatic hydroxyl groups excluding tert-OH is 1. The molecule has 3 N–H and O–H groups in total. The van der Waals surface area contributed by atoms with Gasteiger partial charge in [0.05, 0.1) is 64.5 Å². The zero-order chi connectivity index (χ0) is 26.5. The van der Waals surface area contributed by atoms with Crippen LogP contribution in [0, 0.1) is 0 Å². The summed E-state index contributed by atoms with van der Waals surface area (Å²) >= 11 is 24.0. The van der Waals surface area contributed by atoms with E-state index < -0.39 is 18.2 Å². The molecule has 0 spiro atoms. The summed E-state index contributed by atoms with van der Waals surface area (Å²) in [5.41, 5.74) is 1.32. The second-order valence-corrected chi connectivity index (χ2v) is 10.7. The number of amides is 3. The molecule has 0 saturated carbocycles. The van der Waals surface area contributed by atoms with Gasteiger partial charge in [-0.2, -0.15) is 0 Å². The van der Waals surface area contributed by atoms with Crippen LogP contribution in [0.3, 0.4) is 0 Å². The van der Waals surface area contributed by atoms with Crippen molar-refractivity contribution >= 4 is 64.0 Å². The summed E-state index contributed by atoms with van der Waals surface area (Å²) in [5, 5.41) is 17.6. The fraction of sp³-hybridized carbons (Fsp3) is 0.440. The maximum absolute atomic E-state index is 13.2. The van der Waals surface area contributed by atoms with E-state index in [9.17, 15) is 14.7 Å². The van der Waals surface area contributed by atoms with Crippen molar-refractivity contribution in [3.63, 3.8) is 0 Å². The van der Waals surface area contributed by atoms with Crippen LogP contribution < -0.4 is 10.6 Å². The number of nitrogens with one attached hydrogen (secondary N) is 2. The smallest absolute Gasteiger partial charge is 0.322 e. The van der Waals surface area contributed by atoms with Gasteiger partial charge in [-0.1, -0.05) is 52.5 Å². The van der Waals surface area contributed by atoms with E-state index in [-0.39, 0.29) is 44.2 Å². The number of ether oxygens (including phenoxy) is 2. The lowest BCUT2D eigenvalue weighted by Gasteiger charge is -2.44. The van der Waals surface area contributed by atoms with Gasteiger partial charge in [-0.15, -0.1) is 0 Å². The summed E-state index contributed by atoms with van der Waals surface area (Å²) in [7, 11) is 0. The van der Waals surface area contributed by atoms with Gasteiger partial charge in [0.1, 0.15) is 6.10 Å². The predicted molar refractivity (Wildman–Crippen MR) is 144 cm³/mol. The van der Waals surface area contributed by atoms with E-state index in [0.29, 0.717) is 45.2 Å². The number of β-amino-alcohol motifs (C(OH)–C–C–N with tert-alkyl or cyclic N) is 1. The first-order valence-corrected chi connectivity index (χ1v) is 13.4. The van der Waals surface area contributed by atoms with E-state index >= 15 is 0 Å². The number of urea groups is 1. The molecule has 0 bridgehead atoms. The third-order valence-corrected chi connectivity index (χ3v) is 7.78. The first-order chi connectivity index (χ1) is 17.7. The maximum Gasteiger partial charge on any atom is 0.322 e. The molecule has 0 aliphatic carbocycles. The number of rotatable bonds is 5. The summed E-state index contributed by atoms with van der Waals surface area (Å²) in [5.74, 6) is -0.161. The fourth-order valence-corrected chi connectivity index (χ4v) is 5.09. The molecular weight excluding hydrogens is 564 g/mol. The lowest BCUT2D eigenvalue weighted by molar-refractivity contribution is -0.149. The number of nitrogens with zero attached hydrogens (tertiary/aromatic N) is 1. The van der Waals surface area contributed by atoms with Gasteiger partial charge in [-0.25, -0.2) is 4.79 Å². The van der Waals surface area contributed by atoms with Crippen molar-refractivity contribution in [2.75, 3.05) is 25.1 Å². The summed E-state index contributed by atoms with van der Waals surface area (Å²) < 4.78 is 11.8. The number of fused-ring (bicyclic) bond motifs is 1. The minimum Gasteiger partial charge on any atom is -0.389 e. The van der Waals surface area contributed by atoms with Crippen LogP contribution in [0.4, 0.5) is 10.5 Å². The van der Waals surface area contributed by atoms with Gasteiger partial charge in [0.15, 0.2) is 0 Å². The predicted octanol–water partition coefficient (Wildman–Crippen LogP) is 5.15. The van der Waals surface area contributed by atoms with Crippen LogP contribution in [0.5, 0.6) is 0 Å². The molecule has 2 heterocycles. The Bertz CT molecular complexity index is 1140. The van der Waals surface area contributed by atoms with Crippen molar-refractivity contribution in [1.29, 1.82) is 0 Å². The Kier molecular flexibility index (Phi) is 9.80. The van der Waals surface area contributed by atoms with Gasteiger partial charge >= 0.3 is 6.03 Å². The topological polar surface area (TPSA) is 100 Å². The highest BCUT2D eigenvalue weighted by molar-refractivity contribution is 6.42. The van der Waals surface area contributed by atoms with Crippen LogP contribution in [0.1, 0.15) is 24.8 Å². The monoisotopic (exact) mass is 589 g/mol. The molecule has 12 heteroatoms. The van der Waals surface area contributed by atoms with Crippen LogP contribution in [-0.4, -0.2) is 66.1 Å². The standard InChI is InChI=1S/C25H27Cl4N3O5/c26-18-4-1-14(7-20(18)28)10-30-24(34)9-17-3-6-22-23(37-17)13-36-12-16(33)11-32(22)25(35)31-15-2-5-19(27)21(29)8-15/h1-2,4-5,7-8,16-17,22-23,33H,3,6,9-13H2,(H,30,34)(H,31,35)/t16-,17-,22+,23-/m1/s1. The molecule has 4 atom stereocenters. The molecule has 2 aliphatic heterocycles. The third kappa shape index (κ3) is 7.63. The molecule has 0 aromatic heterocycles. The Morgan fingerprint density at radius 1 is 0.973 bits per heavy atom. The molecule has 4 rings (SSSR count). The number of carbonyl (C=O) groups is 2. The van der Waals surface area contributed by atoms with Gasteiger partial charge in [-0.05, 0) is 48.7 Å². The van der Waals surface area contributed by atoms with Crippen molar-refractivity contribution in [2.45, 2.75) is 50.2 Å². The lowest BCUT2D eigenvalue weighted by Crippen LogP contribution is -2.58. The number of hydrogen-bond donors (Lipinski definition) is 3. The highest BCUT2D eigenvalue weighted by atomic mass is 35.5. The summed E-state index contributed by atoms with van der Waals surface area (Å²) in [6.07, 6.45) is -0.307. The minimum atomic E-state index is -0.842. The molecule has 2 fully saturated rings. The average Bonchev–Trinajstić information content (AvgIpc) is 2.85. The molecule has 37 heavy (non-hydrogen) atoms. The fourth-order valence-electron chi connectivity index (χ4n) is 4.47. The van der Waals surface area contributed by atoms with E-state index in [1.54, 1.807) is 41.3 Å². The second-order valence-electron chi connectivity index (χ2n) is 9.07. The normalized spacial score (nSPS) is 24.0. The van der Waals surface area contributed by atoms with Gasteiger partial charge in [-0.3, -0.25) is 4.79 Å². The van der Waals surface area contributed by atoms with Crippen molar-refractivity contribution in [1.82, 2.24) is 10.2 Å². The van der Waals surface area contributed by atoms with Crippen molar-refractivity contribution in [2.24, 2.45) is 0 Å². The number of carbonyl (C=O) groups excluding carboxylic acids is 2. The Hall–Kier alpha value is -1.78. The van der Waals surface area contributed by atoms with Crippen molar-refractivity contribution in [3.8, 4) is 0 Å². The Morgan fingerprint density at radius 3 is 2.43 bits per heavy atom. The molecule has 200 valence electrons. The summed E-state index contributed by atoms with van der Waals surface area (Å²) in [4.78, 5) is 27.4. The third-order valence-electron chi connectivity index (χ3n) is 6.30. The minimum absolute atomic E-state index is 0.0674. The maximum atomic E-state index is 13.2. The number of benzene rings is 2. The highest BCUT2D eigenvalue weighted by Crippen LogP contribution is 2.30. The van der Waals surface area contributed by atoms with Gasteiger partial charge in [0, 0.05) is 12.2 Å². The molecule has 2 aromatic carbocycles. The largest absolute Gasteiger partial charge is 0.389 e.